The number of ether oxygens (including phenoxy) is 1. The van der Waals surface area contributed by atoms with Gasteiger partial charge in [0.15, 0.2) is 0 Å². The van der Waals surface area contributed by atoms with Crippen molar-refractivity contribution in [3.63, 3.8) is 0 Å². The van der Waals surface area contributed by atoms with Crippen molar-refractivity contribution in [3.8, 4) is 0 Å². The lowest BCUT2D eigenvalue weighted by Crippen LogP contribution is -2.51. The molecule has 3 heterocycles. The van der Waals surface area contributed by atoms with Crippen LogP contribution < -0.4 is 5.32 Å². The number of piperidine rings is 1. The molecule has 4 rings (SSSR count). The molecule has 5 heteroatoms. The van der Waals surface area contributed by atoms with Crippen molar-refractivity contribution in [3.05, 3.63) is 36.0 Å². The number of aromatic amines is 1. The highest BCUT2D eigenvalue weighted by Gasteiger charge is 2.29. The van der Waals surface area contributed by atoms with Gasteiger partial charge in [-0.3, -0.25) is 4.79 Å². The monoisotopic (exact) mass is 341 g/mol. The Hall–Kier alpha value is -1.85. The van der Waals surface area contributed by atoms with Crippen molar-refractivity contribution in [2.24, 2.45) is 5.92 Å². The van der Waals surface area contributed by atoms with Crippen molar-refractivity contribution < 1.29 is 9.53 Å². The maximum atomic E-state index is 12.6. The summed E-state index contributed by atoms with van der Waals surface area (Å²) in [4.78, 5) is 18.3. The number of carbonyl (C=O) groups excluding carboxylic acids is 1. The minimum absolute atomic E-state index is 0.0286. The maximum Gasteiger partial charge on any atom is 0.251 e. The molecule has 0 aliphatic carbocycles. The Morgan fingerprint density at radius 3 is 3.08 bits per heavy atom. The molecule has 25 heavy (non-hydrogen) atoms. The van der Waals surface area contributed by atoms with Gasteiger partial charge in [0.1, 0.15) is 0 Å². The number of nitrogens with zero attached hydrogens (tertiary/aromatic N) is 1. The molecular weight excluding hydrogens is 314 g/mol. The lowest BCUT2D eigenvalue weighted by Gasteiger charge is -2.38. The molecule has 0 unspecified atom stereocenters. The van der Waals surface area contributed by atoms with Crippen molar-refractivity contribution >= 4 is 16.8 Å². The predicted molar refractivity (Wildman–Crippen MR) is 98.7 cm³/mol. The summed E-state index contributed by atoms with van der Waals surface area (Å²) in [7, 11) is 0. The quantitative estimate of drug-likeness (QED) is 0.899. The third kappa shape index (κ3) is 3.72. The van der Waals surface area contributed by atoms with Gasteiger partial charge in [-0.2, -0.15) is 0 Å². The molecule has 1 amide bonds. The van der Waals surface area contributed by atoms with Gasteiger partial charge in [0.25, 0.3) is 5.91 Å². The summed E-state index contributed by atoms with van der Waals surface area (Å²) >= 11 is 0. The van der Waals surface area contributed by atoms with Crippen molar-refractivity contribution in [1.82, 2.24) is 15.2 Å². The zero-order valence-corrected chi connectivity index (χ0v) is 14.8. The van der Waals surface area contributed by atoms with E-state index in [1.54, 1.807) is 0 Å². The summed E-state index contributed by atoms with van der Waals surface area (Å²) in [5.41, 5.74) is 1.73. The van der Waals surface area contributed by atoms with Gasteiger partial charge >= 0.3 is 0 Å². The summed E-state index contributed by atoms with van der Waals surface area (Å²) in [6.45, 7) is 6.25. The van der Waals surface area contributed by atoms with Gasteiger partial charge < -0.3 is 19.9 Å². The highest BCUT2D eigenvalue weighted by atomic mass is 16.5. The average molecular weight is 341 g/mol. The molecule has 1 aromatic heterocycles. The summed E-state index contributed by atoms with van der Waals surface area (Å²) in [6, 6.07) is 8.09. The fourth-order valence-electron chi connectivity index (χ4n) is 4.13. The summed E-state index contributed by atoms with van der Waals surface area (Å²) in [5.74, 6) is 0.481. The van der Waals surface area contributed by atoms with E-state index in [2.05, 4.69) is 22.1 Å². The molecule has 2 aliphatic rings. The minimum Gasteiger partial charge on any atom is -0.377 e. The first-order valence-corrected chi connectivity index (χ1v) is 9.41. The van der Waals surface area contributed by atoms with E-state index in [1.807, 2.05) is 30.5 Å². The molecule has 0 saturated carbocycles. The van der Waals surface area contributed by atoms with E-state index in [9.17, 15) is 4.79 Å². The van der Waals surface area contributed by atoms with E-state index in [1.165, 1.54) is 12.8 Å². The second-order valence-electron chi connectivity index (χ2n) is 7.52. The van der Waals surface area contributed by atoms with E-state index < -0.39 is 0 Å². The highest BCUT2D eigenvalue weighted by Crippen LogP contribution is 2.21. The Kier molecular flexibility index (Phi) is 4.77. The van der Waals surface area contributed by atoms with Crippen LogP contribution in [-0.2, 0) is 4.74 Å². The number of carbonyl (C=O) groups is 1. The highest BCUT2D eigenvalue weighted by molar-refractivity contribution is 5.98. The summed E-state index contributed by atoms with van der Waals surface area (Å²) < 4.78 is 5.75. The number of hydrogen-bond donors (Lipinski definition) is 2. The van der Waals surface area contributed by atoms with Gasteiger partial charge in [-0.05, 0) is 48.8 Å². The van der Waals surface area contributed by atoms with Crippen LogP contribution in [0.3, 0.4) is 0 Å². The molecule has 1 aromatic carbocycles. The van der Waals surface area contributed by atoms with E-state index in [4.69, 9.17) is 4.74 Å². The first-order chi connectivity index (χ1) is 12.2. The number of amides is 1. The molecule has 3 atom stereocenters. The second kappa shape index (κ2) is 7.18. The normalized spacial score (nSPS) is 27.6. The van der Waals surface area contributed by atoms with Crippen LogP contribution >= 0.6 is 0 Å². The molecule has 134 valence electrons. The standard InChI is InChI=1S/C20H27N3O2/c1-14-12-23(13-17-3-2-10-25-17)9-7-18(14)22-20(24)16-5-4-15-6-8-21-19(15)11-16/h4-6,8,11,14,17-18,21H,2-3,7,9-10,12-13H2,1H3,(H,22,24)/t14-,17-,18+/m1/s1. The number of H-pyrrole nitrogens is 1. The van der Waals surface area contributed by atoms with Gasteiger partial charge in [0.2, 0.25) is 0 Å². The number of rotatable bonds is 4. The number of likely N-dealkylation sites (tertiary alicyclic amines) is 1. The summed E-state index contributed by atoms with van der Waals surface area (Å²) in [6.07, 6.45) is 5.69. The largest absolute Gasteiger partial charge is 0.377 e. The van der Waals surface area contributed by atoms with E-state index >= 15 is 0 Å². The number of hydrogen-bond acceptors (Lipinski definition) is 3. The molecule has 0 spiro atoms. The Balaban J connectivity index is 1.33. The lowest BCUT2D eigenvalue weighted by atomic mass is 9.93. The Morgan fingerprint density at radius 2 is 2.28 bits per heavy atom. The van der Waals surface area contributed by atoms with E-state index in [0.29, 0.717) is 12.0 Å². The van der Waals surface area contributed by atoms with Crippen LogP contribution in [0.4, 0.5) is 0 Å². The van der Waals surface area contributed by atoms with Gasteiger partial charge in [-0.1, -0.05) is 13.0 Å². The SMILES string of the molecule is C[C@@H]1CN(C[C@H]2CCCO2)CC[C@@H]1NC(=O)c1ccc2cc[nH]c2c1. The van der Waals surface area contributed by atoms with Crippen molar-refractivity contribution in [2.75, 3.05) is 26.2 Å². The Morgan fingerprint density at radius 1 is 1.36 bits per heavy atom. The zero-order valence-electron chi connectivity index (χ0n) is 14.8. The molecule has 0 radical (unpaired) electrons. The van der Waals surface area contributed by atoms with Gasteiger partial charge in [0, 0.05) is 49.6 Å². The fourth-order valence-corrected chi connectivity index (χ4v) is 4.13. The number of nitrogens with one attached hydrogen (secondary N) is 2. The number of benzene rings is 1. The molecule has 2 N–H and O–H groups in total. The van der Waals surface area contributed by atoms with Gasteiger partial charge in [0.05, 0.1) is 6.10 Å². The third-order valence-electron chi connectivity index (χ3n) is 5.61. The molecule has 2 fully saturated rings. The van der Waals surface area contributed by atoms with Crippen molar-refractivity contribution in [2.45, 2.75) is 38.3 Å². The van der Waals surface area contributed by atoms with Crippen LogP contribution in [0, 0.1) is 5.92 Å². The van der Waals surface area contributed by atoms with E-state index in [-0.39, 0.29) is 11.9 Å². The third-order valence-corrected chi connectivity index (χ3v) is 5.61. The Bertz CT molecular complexity index is 735. The van der Waals surface area contributed by atoms with Gasteiger partial charge in [-0.25, -0.2) is 0 Å². The minimum atomic E-state index is 0.0286. The smallest absolute Gasteiger partial charge is 0.251 e. The first-order valence-electron chi connectivity index (χ1n) is 9.41. The molecular formula is C20H27N3O2. The van der Waals surface area contributed by atoms with Crippen LogP contribution in [0.25, 0.3) is 10.9 Å². The molecule has 5 nitrogen and oxygen atoms in total. The Labute approximate surface area is 148 Å². The second-order valence-corrected chi connectivity index (χ2v) is 7.52. The lowest BCUT2D eigenvalue weighted by molar-refractivity contribution is 0.0498. The first kappa shape index (κ1) is 16.6. The maximum absolute atomic E-state index is 12.6. The van der Waals surface area contributed by atoms with Crippen LogP contribution in [0.2, 0.25) is 0 Å². The number of fused-ring (bicyclic) bond motifs is 1. The molecule has 2 saturated heterocycles. The van der Waals surface area contributed by atoms with Crippen LogP contribution in [0.1, 0.15) is 36.5 Å². The number of aromatic nitrogens is 1. The predicted octanol–water partition coefficient (Wildman–Crippen LogP) is 2.79. The zero-order chi connectivity index (χ0) is 17.2. The van der Waals surface area contributed by atoms with Gasteiger partial charge in [-0.15, -0.1) is 0 Å². The molecule has 0 bridgehead atoms. The average Bonchev–Trinajstić information content (AvgIpc) is 3.27. The van der Waals surface area contributed by atoms with Crippen LogP contribution in [-0.4, -0.2) is 54.2 Å². The van der Waals surface area contributed by atoms with Crippen LogP contribution in [0.5, 0.6) is 0 Å². The van der Waals surface area contributed by atoms with Crippen molar-refractivity contribution in [1.29, 1.82) is 0 Å². The van der Waals surface area contributed by atoms with E-state index in [0.717, 1.165) is 49.1 Å². The summed E-state index contributed by atoms with van der Waals surface area (Å²) in [5, 5.41) is 4.38. The topological polar surface area (TPSA) is 57.4 Å². The van der Waals surface area contributed by atoms with Crippen LogP contribution in [0.15, 0.2) is 30.5 Å². The molecule has 2 aliphatic heterocycles. The fraction of sp³-hybridized carbons (Fsp3) is 0.550. The molecule has 2 aromatic rings.